The monoisotopic (exact) mass is 295 g/mol. The Balaban J connectivity index is 2.05. The fourth-order valence-electron chi connectivity index (χ4n) is 2.73. The Labute approximate surface area is 125 Å². The van der Waals surface area contributed by atoms with Gasteiger partial charge in [-0.2, -0.15) is 0 Å². The van der Waals surface area contributed by atoms with Crippen LogP contribution in [0, 0.1) is 5.92 Å². The first-order valence-corrected chi connectivity index (χ1v) is 8.46. The zero-order valence-electron chi connectivity index (χ0n) is 12.4. The molecule has 1 aliphatic carbocycles. The van der Waals surface area contributed by atoms with Gasteiger partial charge in [0.05, 0.1) is 4.88 Å². The summed E-state index contributed by atoms with van der Waals surface area (Å²) in [6.07, 6.45) is 6.64. The molecular formula is C16H25NO2S. The summed E-state index contributed by atoms with van der Waals surface area (Å²) in [5.74, 6) is 0.360. The normalized spacial score (nSPS) is 16.6. The molecule has 20 heavy (non-hydrogen) atoms. The van der Waals surface area contributed by atoms with Gasteiger partial charge in [0.25, 0.3) is 5.91 Å². The van der Waals surface area contributed by atoms with Crippen molar-refractivity contribution in [3.05, 3.63) is 21.4 Å². The van der Waals surface area contributed by atoms with Crippen molar-refractivity contribution in [3.63, 3.8) is 0 Å². The van der Waals surface area contributed by atoms with Gasteiger partial charge in [-0.15, -0.1) is 11.3 Å². The van der Waals surface area contributed by atoms with Crippen LogP contribution in [0.2, 0.25) is 0 Å². The minimum absolute atomic E-state index is 0.0234. The van der Waals surface area contributed by atoms with E-state index in [0.717, 1.165) is 17.7 Å². The third-order valence-corrected chi connectivity index (χ3v) is 5.27. The molecule has 2 rings (SSSR count). The number of aliphatic hydroxyl groups is 1. The van der Waals surface area contributed by atoms with E-state index in [2.05, 4.69) is 25.2 Å². The van der Waals surface area contributed by atoms with E-state index in [-0.39, 0.29) is 18.6 Å². The predicted octanol–water partition coefficient (Wildman–Crippen LogP) is 3.15. The van der Waals surface area contributed by atoms with Crippen LogP contribution in [0.1, 0.15) is 59.6 Å². The number of rotatable bonds is 5. The first-order valence-electron chi connectivity index (χ1n) is 7.65. The van der Waals surface area contributed by atoms with Gasteiger partial charge < -0.3 is 10.4 Å². The molecule has 0 aromatic carbocycles. The average Bonchev–Trinajstić information content (AvgIpc) is 2.69. The minimum Gasteiger partial charge on any atom is -0.396 e. The molecule has 0 saturated heterocycles. The summed E-state index contributed by atoms with van der Waals surface area (Å²) in [5.41, 5.74) is 1.38. The van der Waals surface area contributed by atoms with Gasteiger partial charge in [-0.05, 0) is 49.7 Å². The highest BCUT2D eigenvalue weighted by atomic mass is 32.1. The highest BCUT2D eigenvalue weighted by Gasteiger charge is 2.20. The largest absolute Gasteiger partial charge is 0.396 e. The lowest BCUT2D eigenvalue weighted by Crippen LogP contribution is -2.38. The van der Waals surface area contributed by atoms with Crippen LogP contribution < -0.4 is 5.32 Å². The van der Waals surface area contributed by atoms with Gasteiger partial charge in [0.2, 0.25) is 0 Å². The molecule has 0 spiro atoms. The Morgan fingerprint density at radius 2 is 2.10 bits per heavy atom. The molecule has 0 radical (unpaired) electrons. The van der Waals surface area contributed by atoms with E-state index in [4.69, 9.17) is 5.11 Å². The van der Waals surface area contributed by atoms with E-state index < -0.39 is 0 Å². The maximum atomic E-state index is 12.4. The number of hydrogen-bond donors (Lipinski definition) is 2. The lowest BCUT2D eigenvalue weighted by atomic mass is 10.0. The van der Waals surface area contributed by atoms with Crippen LogP contribution in [0.15, 0.2) is 6.07 Å². The Morgan fingerprint density at radius 1 is 1.35 bits per heavy atom. The van der Waals surface area contributed by atoms with Crippen molar-refractivity contribution in [1.29, 1.82) is 0 Å². The molecule has 0 aliphatic heterocycles. The number of hydrogen-bond acceptors (Lipinski definition) is 3. The fourth-order valence-corrected chi connectivity index (χ4v) is 3.89. The highest BCUT2D eigenvalue weighted by Crippen LogP contribution is 2.29. The molecule has 1 heterocycles. The van der Waals surface area contributed by atoms with Crippen molar-refractivity contribution < 1.29 is 9.90 Å². The van der Waals surface area contributed by atoms with Crippen LogP contribution in [0.25, 0.3) is 0 Å². The summed E-state index contributed by atoms with van der Waals surface area (Å²) in [6.45, 7) is 4.26. The van der Waals surface area contributed by atoms with Crippen molar-refractivity contribution in [2.45, 2.75) is 58.4 Å². The van der Waals surface area contributed by atoms with Gasteiger partial charge >= 0.3 is 0 Å². The number of amides is 1. The highest BCUT2D eigenvalue weighted by molar-refractivity contribution is 7.14. The molecule has 2 N–H and O–H groups in total. The standard InChI is InChI=1S/C16H25NO2S/c1-11(2)13(8-9-18)17-16(19)15-10-12-6-4-3-5-7-14(12)20-15/h10-11,13,18H,3-9H2,1-2H3,(H,17,19). The van der Waals surface area contributed by atoms with Crippen LogP contribution >= 0.6 is 11.3 Å². The maximum absolute atomic E-state index is 12.4. The smallest absolute Gasteiger partial charge is 0.261 e. The van der Waals surface area contributed by atoms with Gasteiger partial charge in [0, 0.05) is 17.5 Å². The van der Waals surface area contributed by atoms with Crippen molar-refractivity contribution in [3.8, 4) is 0 Å². The van der Waals surface area contributed by atoms with E-state index in [9.17, 15) is 4.79 Å². The summed E-state index contributed by atoms with van der Waals surface area (Å²) >= 11 is 1.65. The van der Waals surface area contributed by atoms with Crippen LogP contribution in [0.3, 0.4) is 0 Å². The fraction of sp³-hybridized carbons (Fsp3) is 0.688. The third kappa shape index (κ3) is 3.83. The third-order valence-electron chi connectivity index (χ3n) is 4.03. The maximum Gasteiger partial charge on any atom is 0.261 e. The summed E-state index contributed by atoms with van der Waals surface area (Å²) in [5, 5.41) is 12.2. The lowest BCUT2D eigenvalue weighted by Gasteiger charge is -2.21. The molecule has 1 amide bonds. The van der Waals surface area contributed by atoms with Gasteiger partial charge in [0.1, 0.15) is 0 Å². The summed E-state index contributed by atoms with van der Waals surface area (Å²) in [7, 11) is 0. The molecule has 0 fully saturated rings. The first kappa shape index (κ1) is 15.5. The van der Waals surface area contributed by atoms with Gasteiger partial charge in [-0.25, -0.2) is 0 Å². The Morgan fingerprint density at radius 3 is 2.80 bits per heavy atom. The molecule has 1 aromatic rings. The van der Waals surface area contributed by atoms with Gasteiger partial charge in [0.15, 0.2) is 0 Å². The molecule has 0 bridgehead atoms. The second-order valence-corrected chi connectivity index (χ2v) is 7.09. The number of aliphatic hydroxyl groups excluding tert-OH is 1. The molecule has 3 nitrogen and oxygen atoms in total. The summed E-state index contributed by atoms with van der Waals surface area (Å²) in [6, 6.07) is 2.13. The van der Waals surface area contributed by atoms with Gasteiger partial charge in [-0.1, -0.05) is 20.3 Å². The quantitative estimate of drug-likeness (QED) is 0.820. The summed E-state index contributed by atoms with van der Waals surface area (Å²) in [4.78, 5) is 14.6. The number of thiophene rings is 1. The van der Waals surface area contributed by atoms with E-state index in [1.54, 1.807) is 11.3 Å². The van der Waals surface area contributed by atoms with E-state index >= 15 is 0 Å². The SMILES string of the molecule is CC(C)C(CCO)NC(=O)c1cc2c(s1)CCCCC2. The molecule has 4 heteroatoms. The number of aryl methyl sites for hydroxylation is 2. The van der Waals surface area contributed by atoms with E-state index in [0.29, 0.717) is 12.3 Å². The van der Waals surface area contributed by atoms with Crippen molar-refractivity contribution in [2.75, 3.05) is 6.61 Å². The number of carbonyl (C=O) groups is 1. The second-order valence-electron chi connectivity index (χ2n) is 5.96. The average molecular weight is 295 g/mol. The van der Waals surface area contributed by atoms with Crippen LogP contribution in [-0.2, 0) is 12.8 Å². The molecule has 1 aliphatic rings. The number of nitrogens with one attached hydrogen (secondary N) is 1. The van der Waals surface area contributed by atoms with Crippen molar-refractivity contribution in [1.82, 2.24) is 5.32 Å². The number of carbonyl (C=O) groups excluding carboxylic acids is 1. The lowest BCUT2D eigenvalue weighted by molar-refractivity contribution is 0.0920. The Kier molecular flexibility index (Phi) is 5.61. The van der Waals surface area contributed by atoms with Crippen LogP contribution in [0.4, 0.5) is 0 Å². The molecular weight excluding hydrogens is 270 g/mol. The minimum atomic E-state index is 0.0234. The summed E-state index contributed by atoms with van der Waals surface area (Å²) < 4.78 is 0. The zero-order chi connectivity index (χ0) is 14.5. The van der Waals surface area contributed by atoms with Crippen molar-refractivity contribution in [2.24, 2.45) is 5.92 Å². The molecule has 1 aromatic heterocycles. The molecule has 1 unspecified atom stereocenters. The molecule has 112 valence electrons. The van der Waals surface area contributed by atoms with Crippen LogP contribution in [0.5, 0.6) is 0 Å². The van der Waals surface area contributed by atoms with Crippen molar-refractivity contribution >= 4 is 17.2 Å². The first-order chi connectivity index (χ1) is 9.61. The topological polar surface area (TPSA) is 49.3 Å². The second kappa shape index (κ2) is 7.23. The van der Waals surface area contributed by atoms with Crippen LogP contribution in [-0.4, -0.2) is 23.7 Å². The molecule has 0 saturated carbocycles. The Bertz CT molecular complexity index is 430. The zero-order valence-corrected chi connectivity index (χ0v) is 13.3. The van der Waals surface area contributed by atoms with Gasteiger partial charge in [-0.3, -0.25) is 4.79 Å². The Hall–Kier alpha value is -0.870. The van der Waals surface area contributed by atoms with E-state index in [1.165, 1.54) is 29.7 Å². The molecule has 1 atom stereocenters. The predicted molar refractivity (Wildman–Crippen MR) is 83.4 cm³/mol. The van der Waals surface area contributed by atoms with E-state index in [1.807, 2.05) is 0 Å². The number of fused-ring (bicyclic) bond motifs is 1.